The van der Waals surface area contributed by atoms with Gasteiger partial charge in [0.05, 0.1) is 30.0 Å². The number of aromatic nitrogens is 1. The van der Waals surface area contributed by atoms with Gasteiger partial charge in [-0.1, -0.05) is 47.9 Å². The van der Waals surface area contributed by atoms with Crippen LogP contribution in [0.25, 0.3) is 10.6 Å². The van der Waals surface area contributed by atoms with E-state index in [0.717, 1.165) is 32.5 Å². The van der Waals surface area contributed by atoms with Gasteiger partial charge in [0.25, 0.3) is 0 Å². The Hall–Kier alpha value is -3.10. The predicted molar refractivity (Wildman–Crippen MR) is 121 cm³/mol. The maximum absolute atomic E-state index is 11.6. The smallest absolute Gasteiger partial charge is 0.307 e. The van der Waals surface area contributed by atoms with Crippen LogP contribution in [-0.2, 0) is 16.1 Å². The van der Waals surface area contributed by atoms with E-state index in [1.807, 2.05) is 31.2 Å². The van der Waals surface area contributed by atoms with Crippen LogP contribution in [0.4, 0.5) is 0 Å². The average molecular weight is 420 g/mol. The van der Waals surface area contributed by atoms with Crippen molar-refractivity contribution in [2.45, 2.75) is 39.7 Å². The number of ether oxygens (including phenoxy) is 2. The van der Waals surface area contributed by atoms with Crippen molar-refractivity contribution in [1.29, 1.82) is 0 Å². The molecule has 0 saturated carbocycles. The molecule has 4 nitrogen and oxygen atoms in total. The molecule has 3 rings (SSSR count). The minimum absolute atomic E-state index is 0.183. The van der Waals surface area contributed by atoms with Gasteiger partial charge in [-0.2, -0.15) is 0 Å². The molecule has 0 radical (unpaired) electrons. The van der Waals surface area contributed by atoms with Crippen LogP contribution < -0.4 is 4.74 Å². The van der Waals surface area contributed by atoms with E-state index < -0.39 is 0 Å². The fraction of sp³-hybridized carbons (Fsp3) is 0.280. The van der Waals surface area contributed by atoms with Crippen LogP contribution in [0, 0.1) is 25.7 Å². The van der Waals surface area contributed by atoms with Crippen LogP contribution in [0.2, 0.25) is 0 Å². The van der Waals surface area contributed by atoms with Crippen molar-refractivity contribution in [2.75, 3.05) is 7.11 Å². The molecule has 154 valence electrons. The zero-order chi connectivity index (χ0) is 21.5. The molecule has 30 heavy (non-hydrogen) atoms. The molecule has 0 fully saturated rings. The summed E-state index contributed by atoms with van der Waals surface area (Å²) in [5.41, 5.74) is 4.32. The number of methoxy groups -OCH3 is 1. The van der Waals surface area contributed by atoms with E-state index >= 15 is 0 Å². The monoisotopic (exact) mass is 419 g/mol. The number of hydrogen-bond donors (Lipinski definition) is 0. The Kier molecular flexibility index (Phi) is 7.26. The summed E-state index contributed by atoms with van der Waals surface area (Å²) in [5.74, 6) is 6.27. The number of benzene rings is 2. The lowest BCUT2D eigenvalue weighted by molar-refractivity contribution is -0.140. The van der Waals surface area contributed by atoms with E-state index in [1.165, 1.54) is 12.7 Å². The second-order valence-electron chi connectivity index (χ2n) is 6.98. The van der Waals surface area contributed by atoms with Gasteiger partial charge in [0.1, 0.15) is 17.4 Å². The SMILES string of the molecule is CC#CC(CC(=O)OC)c1ccc(OCc2sc(-c3ccc(C)cc3)nc2C)cc1. The van der Waals surface area contributed by atoms with Gasteiger partial charge in [0.2, 0.25) is 0 Å². The molecule has 0 saturated heterocycles. The van der Waals surface area contributed by atoms with Crippen molar-refractivity contribution >= 4 is 17.3 Å². The lowest BCUT2D eigenvalue weighted by atomic mass is 9.96. The van der Waals surface area contributed by atoms with Gasteiger partial charge in [-0.05, 0) is 38.5 Å². The largest absolute Gasteiger partial charge is 0.488 e. The maximum atomic E-state index is 11.6. The Balaban J connectivity index is 1.67. The number of hydrogen-bond acceptors (Lipinski definition) is 5. The lowest BCUT2D eigenvalue weighted by Gasteiger charge is -2.11. The molecular formula is C25H25NO3S. The Morgan fingerprint density at radius 2 is 1.80 bits per heavy atom. The summed E-state index contributed by atoms with van der Waals surface area (Å²) in [6, 6.07) is 16.1. The number of thiazole rings is 1. The number of aryl methyl sites for hydroxylation is 2. The van der Waals surface area contributed by atoms with Crippen molar-refractivity contribution in [2.24, 2.45) is 0 Å². The molecular weight excluding hydrogens is 394 g/mol. The Labute approximate surface area is 181 Å². The first-order valence-electron chi connectivity index (χ1n) is 9.75. The summed E-state index contributed by atoms with van der Waals surface area (Å²) in [4.78, 5) is 17.4. The van der Waals surface area contributed by atoms with E-state index in [1.54, 1.807) is 18.3 Å². The molecule has 3 aromatic rings. The number of nitrogens with zero attached hydrogens (tertiary/aromatic N) is 1. The molecule has 1 aromatic heterocycles. The van der Waals surface area contributed by atoms with Crippen LogP contribution >= 0.6 is 11.3 Å². The summed E-state index contributed by atoms with van der Waals surface area (Å²) in [6.07, 6.45) is 0.236. The van der Waals surface area contributed by atoms with Gasteiger partial charge < -0.3 is 9.47 Å². The van der Waals surface area contributed by atoms with Crippen LogP contribution in [-0.4, -0.2) is 18.1 Å². The van der Waals surface area contributed by atoms with Crippen molar-refractivity contribution < 1.29 is 14.3 Å². The molecule has 2 aromatic carbocycles. The molecule has 5 heteroatoms. The van der Waals surface area contributed by atoms with Gasteiger partial charge in [-0.25, -0.2) is 4.98 Å². The third kappa shape index (κ3) is 5.49. The standard InChI is InChI=1S/C25H25NO3S/c1-5-6-21(15-24(27)28-4)19-11-13-22(14-12-19)29-16-23-18(3)26-25(30-23)20-9-7-17(2)8-10-20/h7-14,21H,15-16H2,1-4H3. The lowest BCUT2D eigenvalue weighted by Crippen LogP contribution is -2.07. The quantitative estimate of drug-likeness (QED) is 0.365. The molecule has 0 amide bonds. The first kappa shape index (κ1) is 21.6. The summed E-state index contributed by atoms with van der Waals surface area (Å²) in [7, 11) is 1.39. The van der Waals surface area contributed by atoms with Crippen molar-refractivity contribution in [3.63, 3.8) is 0 Å². The molecule has 1 atom stereocenters. The number of carbonyl (C=O) groups is 1. The zero-order valence-electron chi connectivity index (χ0n) is 17.7. The first-order chi connectivity index (χ1) is 14.5. The minimum atomic E-state index is -0.270. The zero-order valence-corrected chi connectivity index (χ0v) is 18.5. The summed E-state index contributed by atoms with van der Waals surface area (Å²) < 4.78 is 10.8. The third-order valence-electron chi connectivity index (χ3n) is 4.76. The second-order valence-corrected chi connectivity index (χ2v) is 8.06. The van der Waals surface area contributed by atoms with Gasteiger partial charge in [-0.15, -0.1) is 17.3 Å². The second kappa shape index (κ2) is 10.1. The van der Waals surface area contributed by atoms with E-state index in [-0.39, 0.29) is 18.3 Å². The highest BCUT2D eigenvalue weighted by atomic mass is 32.1. The summed E-state index contributed by atoms with van der Waals surface area (Å²) in [5, 5.41) is 1.00. The van der Waals surface area contributed by atoms with Crippen LogP contribution in [0.15, 0.2) is 48.5 Å². The molecule has 0 aliphatic carbocycles. The summed E-state index contributed by atoms with van der Waals surface area (Å²) >= 11 is 1.66. The van der Waals surface area contributed by atoms with E-state index in [9.17, 15) is 4.79 Å². The van der Waals surface area contributed by atoms with E-state index in [2.05, 4.69) is 43.0 Å². The molecule has 0 N–H and O–H groups in total. The number of esters is 1. The Morgan fingerprint density at radius 1 is 1.10 bits per heavy atom. The van der Waals surface area contributed by atoms with Crippen molar-refractivity contribution in [3.8, 4) is 28.2 Å². The van der Waals surface area contributed by atoms with Crippen molar-refractivity contribution in [3.05, 3.63) is 70.2 Å². The van der Waals surface area contributed by atoms with Gasteiger partial charge >= 0.3 is 5.97 Å². The summed E-state index contributed by atoms with van der Waals surface area (Å²) in [6.45, 7) is 6.32. The fourth-order valence-electron chi connectivity index (χ4n) is 3.00. The van der Waals surface area contributed by atoms with Gasteiger partial charge in [0, 0.05) is 5.56 Å². The van der Waals surface area contributed by atoms with Gasteiger partial charge in [-0.3, -0.25) is 4.79 Å². The van der Waals surface area contributed by atoms with Crippen molar-refractivity contribution in [1.82, 2.24) is 4.98 Å². The van der Waals surface area contributed by atoms with E-state index in [0.29, 0.717) is 6.61 Å². The average Bonchev–Trinajstić information content (AvgIpc) is 3.13. The third-order valence-corrected chi connectivity index (χ3v) is 5.94. The highest BCUT2D eigenvalue weighted by Crippen LogP contribution is 2.29. The van der Waals surface area contributed by atoms with E-state index in [4.69, 9.17) is 14.5 Å². The molecule has 0 aliphatic rings. The van der Waals surface area contributed by atoms with Crippen LogP contribution in [0.3, 0.4) is 0 Å². The highest BCUT2D eigenvalue weighted by molar-refractivity contribution is 7.15. The minimum Gasteiger partial charge on any atom is -0.488 e. The topological polar surface area (TPSA) is 48.4 Å². The molecule has 0 aliphatic heterocycles. The molecule has 0 bridgehead atoms. The van der Waals surface area contributed by atoms with Crippen LogP contribution in [0.5, 0.6) is 5.75 Å². The fourth-order valence-corrected chi connectivity index (χ4v) is 3.98. The predicted octanol–water partition coefficient (Wildman–Crippen LogP) is 5.68. The molecule has 1 unspecified atom stereocenters. The normalized spacial score (nSPS) is 11.3. The van der Waals surface area contributed by atoms with Gasteiger partial charge in [0.15, 0.2) is 0 Å². The first-order valence-corrected chi connectivity index (χ1v) is 10.6. The number of carbonyl (C=O) groups excluding carboxylic acids is 1. The Bertz CT molecular complexity index is 1060. The molecule has 1 heterocycles. The maximum Gasteiger partial charge on any atom is 0.307 e. The Morgan fingerprint density at radius 3 is 2.43 bits per heavy atom. The van der Waals surface area contributed by atoms with Crippen LogP contribution in [0.1, 0.15) is 41.0 Å². The highest BCUT2D eigenvalue weighted by Gasteiger charge is 2.15. The number of rotatable bonds is 7. The molecule has 0 spiro atoms.